The minimum absolute atomic E-state index is 0.243. The van der Waals surface area contributed by atoms with Crippen LogP contribution in [0.25, 0.3) is 0 Å². The van der Waals surface area contributed by atoms with Crippen molar-refractivity contribution in [2.45, 2.75) is 33.6 Å². The van der Waals surface area contributed by atoms with E-state index < -0.39 is 0 Å². The summed E-state index contributed by atoms with van der Waals surface area (Å²) in [4.78, 5) is 14.4. The van der Waals surface area contributed by atoms with Crippen LogP contribution in [0, 0.1) is 11.8 Å². The summed E-state index contributed by atoms with van der Waals surface area (Å²) in [6, 6.07) is 7.85. The zero-order valence-corrected chi connectivity index (χ0v) is 12.8. The second-order valence-corrected chi connectivity index (χ2v) is 6.00. The van der Waals surface area contributed by atoms with E-state index in [-0.39, 0.29) is 5.91 Å². The van der Waals surface area contributed by atoms with E-state index in [9.17, 15) is 4.79 Å². The van der Waals surface area contributed by atoms with Crippen molar-refractivity contribution in [3.63, 3.8) is 0 Å². The van der Waals surface area contributed by atoms with Crippen LogP contribution >= 0.6 is 0 Å². The summed E-state index contributed by atoms with van der Waals surface area (Å²) in [5, 5.41) is 0. The van der Waals surface area contributed by atoms with Crippen molar-refractivity contribution >= 4 is 5.91 Å². The van der Waals surface area contributed by atoms with E-state index in [1.165, 1.54) is 6.42 Å². The average Bonchev–Trinajstić information content (AvgIpc) is 2.40. The Morgan fingerprint density at radius 3 is 2.35 bits per heavy atom. The van der Waals surface area contributed by atoms with Crippen LogP contribution in [0.5, 0.6) is 5.75 Å². The molecule has 1 aromatic carbocycles. The van der Waals surface area contributed by atoms with Crippen LogP contribution in [-0.4, -0.2) is 30.5 Å². The molecule has 2 atom stereocenters. The molecule has 110 valence electrons. The Morgan fingerprint density at radius 1 is 1.20 bits per heavy atom. The fourth-order valence-electron chi connectivity index (χ4n) is 3.02. The highest BCUT2D eigenvalue weighted by molar-refractivity contribution is 5.79. The fraction of sp³-hybridized carbons (Fsp3) is 0.588. The average molecular weight is 275 g/mol. The van der Waals surface area contributed by atoms with Gasteiger partial charge in [0.2, 0.25) is 5.91 Å². The number of hydrogen-bond acceptors (Lipinski definition) is 2. The van der Waals surface area contributed by atoms with E-state index in [1.807, 2.05) is 36.1 Å². The third kappa shape index (κ3) is 3.99. The van der Waals surface area contributed by atoms with Crippen molar-refractivity contribution in [2.75, 3.05) is 19.7 Å². The minimum atomic E-state index is 0.243. The molecule has 0 saturated carbocycles. The molecule has 0 radical (unpaired) electrons. The zero-order chi connectivity index (χ0) is 14.5. The van der Waals surface area contributed by atoms with Crippen molar-refractivity contribution in [2.24, 2.45) is 11.8 Å². The van der Waals surface area contributed by atoms with Gasteiger partial charge in [-0.05, 0) is 42.9 Å². The summed E-state index contributed by atoms with van der Waals surface area (Å²) in [6.45, 7) is 8.90. The molecule has 0 N–H and O–H groups in total. The van der Waals surface area contributed by atoms with Gasteiger partial charge in [0.15, 0.2) is 0 Å². The third-order valence-electron chi connectivity index (χ3n) is 3.81. The first-order valence-corrected chi connectivity index (χ1v) is 7.58. The number of rotatable bonds is 4. The fourth-order valence-corrected chi connectivity index (χ4v) is 3.02. The van der Waals surface area contributed by atoms with E-state index in [2.05, 4.69) is 13.8 Å². The Morgan fingerprint density at radius 2 is 1.80 bits per heavy atom. The van der Waals surface area contributed by atoms with Crippen molar-refractivity contribution in [1.29, 1.82) is 0 Å². The molecule has 1 aromatic rings. The van der Waals surface area contributed by atoms with E-state index in [1.54, 1.807) is 0 Å². The molecule has 1 saturated heterocycles. The van der Waals surface area contributed by atoms with Crippen molar-refractivity contribution in [1.82, 2.24) is 4.90 Å². The highest BCUT2D eigenvalue weighted by Crippen LogP contribution is 2.22. The van der Waals surface area contributed by atoms with Gasteiger partial charge in [-0.2, -0.15) is 0 Å². The lowest BCUT2D eigenvalue weighted by molar-refractivity contribution is -0.133. The second kappa shape index (κ2) is 6.78. The second-order valence-electron chi connectivity index (χ2n) is 6.00. The minimum Gasteiger partial charge on any atom is -0.494 e. The summed E-state index contributed by atoms with van der Waals surface area (Å²) < 4.78 is 5.41. The lowest BCUT2D eigenvalue weighted by atomic mass is 9.91. The molecule has 1 heterocycles. The number of ether oxygens (including phenoxy) is 1. The number of likely N-dealkylation sites (tertiary alicyclic amines) is 1. The maximum absolute atomic E-state index is 12.4. The number of carbonyl (C=O) groups is 1. The molecule has 2 rings (SSSR count). The summed E-state index contributed by atoms with van der Waals surface area (Å²) in [5.74, 6) is 2.34. The molecule has 1 aliphatic rings. The lowest BCUT2D eigenvalue weighted by Gasteiger charge is -2.35. The molecule has 1 aliphatic heterocycles. The first-order valence-electron chi connectivity index (χ1n) is 7.58. The third-order valence-corrected chi connectivity index (χ3v) is 3.81. The van der Waals surface area contributed by atoms with Crippen molar-refractivity contribution < 1.29 is 9.53 Å². The predicted molar refractivity (Wildman–Crippen MR) is 80.8 cm³/mol. The quantitative estimate of drug-likeness (QED) is 0.845. The smallest absolute Gasteiger partial charge is 0.227 e. The Balaban J connectivity index is 1.93. The maximum atomic E-state index is 12.4. The SMILES string of the molecule is CCOc1ccc(CC(=O)N2CC(C)CC(C)C2)cc1. The van der Waals surface area contributed by atoms with E-state index in [0.29, 0.717) is 24.9 Å². The van der Waals surface area contributed by atoms with Crippen LogP contribution in [0.3, 0.4) is 0 Å². The number of piperidine rings is 1. The van der Waals surface area contributed by atoms with Gasteiger partial charge < -0.3 is 9.64 Å². The monoisotopic (exact) mass is 275 g/mol. The number of benzene rings is 1. The molecular formula is C17H25NO2. The number of hydrogen-bond donors (Lipinski definition) is 0. The van der Waals surface area contributed by atoms with Gasteiger partial charge in [-0.25, -0.2) is 0 Å². The van der Waals surface area contributed by atoms with Gasteiger partial charge in [-0.1, -0.05) is 26.0 Å². The molecule has 1 amide bonds. The van der Waals surface area contributed by atoms with Crippen LogP contribution in [0.15, 0.2) is 24.3 Å². The van der Waals surface area contributed by atoms with Crippen LogP contribution in [0.4, 0.5) is 0 Å². The number of carbonyl (C=O) groups excluding carboxylic acids is 1. The highest BCUT2D eigenvalue weighted by Gasteiger charge is 2.25. The topological polar surface area (TPSA) is 29.5 Å². The Kier molecular flexibility index (Phi) is 5.05. The van der Waals surface area contributed by atoms with Crippen LogP contribution < -0.4 is 4.74 Å². The molecule has 2 unspecified atom stereocenters. The molecule has 0 aliphatic carbocycles. The number of nitrogens with zero attached hydrogens (tertiary/aromatic N) is 1. The molecule has 0 bridgehead atoms. The van der Waals surface area contributed by atoms with Gasteiger partial charge >= 0.3 is 0 Å². The summed E-state index contributed by atoms with van der Waals surface area (Å²) in [7, 11) is 0. The van der Waals surface area contributed by atoms with Crippen molar-refractivity contribution in [3.05, 3.63) is 29.8 Å². The van der Waals surface area contributed by atoms with Gasteiger partial charge in [-0.15, -0.1) is 0 Å². The van der Waals surface area contributed by atoms with Gasteiger partial charge in [-0.3, -0.25) is 4.79 Å². The van der Waals surface area contributed by atoms with Gasteiger partial charge in [0.25, 0.3) is 0 Å². The molecule has 3 heteroatoms. The maximum Gasteiger partial charge on any atom is 0.227 e. The van der Waals surface area contributed by atoms with Gasteiger partial charge in [0.05, 0.1) is 13.0 Å². The standard InChI is InChI=1S/C17H25NO2/c1-4-20-16-7-5-15(6-8-16)10-17(19)18-11-13(2)9-14(3)12-18/h5-8,13-14H,4,9-12H2,1-3H3. The summed E-state index contributed by atoms with van der Waals surface area (Å²) >= 11 is 0. The molecular weight excluding hydrogens is 250 g/mol. The van der Waals surface area contributed by atoms with E-state index in [0.717, 1.165) is 24.4 Å². The normalized spacial score (nSPS) is 22.6. The molecule has 0 spiro atoms. The summed E-state index contributed by atoms with van der Waals surface area (Å²) in [5.41, 5.74) is 1.06. The highest BCUT2D eigenvalue weighted by atomic mass is 16.5. The Bertz CT molecular complexity index is 431. The molecule has 20 heavy (non-hydrogen) atoms. The lowest BCUT2D eigenvalue weighted by Crippen LogP contribution is -2.43. The number of amides is 1. The van der Waals surface area contributed by atoms with Crippen LogP contribution in [-0.2, 0) is 11.2 Å². The molecule has 1 fully saturated rings. The summed E-state index contributed by atoms with van der Waals surface area (Å²) in [6.07, 6.45) is 1.72. The molecule has 3 nitrogen and oxygen atoms in total. The van der Waals surface area contributed by atoms with E-state index in [4.69, 9.17) is 4.74 Å². The zero-order valence-electron chi connectivity index (χ0n) is 12.8. The first kappa shape index (κ1) is 14.9. The van der Waals surface area contributed by atoms with Gasteiger partial charge in [0, 0.05) is 13.1 Å². The Labute approximate surface area is 121 Å². The largest absolute Gasteiger partial charge is 0.494 e. The van der Waals surface area contributed by atoms with Crippen LogP contribution in [0.2, 0.25) is 0 Å². The van der Waals surface area contributed by atoms with Crippen molar-refractivity contribution in [3.8, 4) is 5.75 Å². The van der Waals surface area contributed by atoms with E-state index >= 15 is 0 Å². The molecule has 0 aromatic heterocycles. The predicted octanol–water partition coefficient (Wildman–Crippen LogP) is 3.13. The van der Waals surface area contributed by atoms with Gasteiger partial charge in [0.1, 0.15) is 5.75 Å². The van der Waals surface area contributed by atoms with Crippen LogP contribution in [0.1, 0.15) is 32.8 Å². The first-order chi connectivity index (χ1) is 9.58. The Hall–Kier alpha value is -1.51.